The summed E-state index contributed by atoms with van der Waals surface area (Å²) in [5.41, 5.74) is 2.31. The second kappa shape index (κ2) is 5.74. The first-order valence-electron chi connectivity index (χ1n) is 5.73. The summed E-state index contributed by atoms with van der Waals surface area (Å²) in [6.45, 7) is 3.83. The molecule has 1 aliphatic heterocycles. The molecular weight excluding hydrogens is 240 g/mol. The predicted molar refractivity (Wildman–Crippen MR) is 81.5 cm³/mol. The van der Waals surface area contributed by atoms with Gasteiger partial charge in [-0.1, -0.05) is 36.5 Å². The van der Waals surface area contributed by atoms with Crippen molar-refractivity contribution in [2.45, 2.75) is 4.90 Å². The van der Waals surface area contributed by atoms with Gasteiger partial charge in [-0.05, 0) is 29.9 Å². The topological polar surface area (TPSA) is 15.6 Å². The van der Waals surface area contributed by atoms with Crippen LogP contribution in [0.4, 0.5) is 5.69 Å². The van der Waals surface area contributed by atoms with Gasteiger partial charge in [-0.3, -0.25) is 4.99 Å². The van der Waals surface area contributed by atoms with Gasteiger partial charge in [0.15, 0.2) is 0 Å². The van der Waals surface area contributed by atoms with Gasteiger partial charge in [0.25, 0.3) is 0 Å². The Morgan fingerprint density at radius 2 is 2.17 bits per heavy atom. The van der Waals surface area contributed by atoms with Crippen LogP contribution in [0, 0.1) is 0 Å². The van der Waals surface area contributed by atoms with Crippen molar-refractivity contribution in [2.75, 3.05) is 19.0 Å². The molecule has 0 spiro atoms. The van der Waals surface area contributed by atoms with Crippen LogP contribution in [-0.4, -0.2) is 20.3 Å². The number of hydrogen-bond acceptors (Lipinski definition) is 3. The number of rotatable bonds is 3. The summed E-state index contributed by atoms with van der Waals surface area (Å²) in [5.74, 6) is 0. The molecule has 0 radical (unpaired) electrons. The molecule has 1 aromatic carbocycles. The van der Waals surface area contributed by atoms with Gasteiger partial charge in [-0.2, -0.15) is 0 Å². The zero-order valence-electron chi connectivity index (χ0n) is 10.6. The van der Waals surface area contributed by atoms with E-state index in [-0.39, 0.29) is 0 Å². The SMILES string of the molecule is C=CC(=C\C=NC)/C=C1/Sc2ccccc2N1C. The van der Waals surface area contributed by atoms with E-state index in [2.05, 4.69) is 53.9 Å². The first kappa shape index (κ1) is 12.7. The van der Waals surface area contributed by atoms with E-state index >= 15 is 0 Å². The van der Waals surface area contributed by atoms with Crippen LogP contribution >= 0.6 is 11.8 Å². The van der Waals surface area contributed by atoms with E-state index in [4.69, 9.17) is 0 Å². The second-order valence-electron chi connectivity index (χ2n) is 3.89. The summed E-state index contributed by atoms with van der Waals surface area (Å²) < 4.78 is 0. The lowest BCUT2D eigenvalue weighted by molar-refractivity contribution is 1.17. The molecule has 0 saturated heterocycles. The molecule has 0 aromatic heterocycles. The molecule has 0 bridgehead atoms. The molecule has 0 amide bonds. The number of benzene rings is 1. The van der Waals surface area contributed by atoms with Crippen LogP contribution in [0.1, 0.15) is 0 Å². The average molecular weight is 256 g/mol. The molecule has 0 aliphatic carbocycles. The molecule has 1 aromatic rings. The molecule has 0 fully saturated rings. The van der Waals surface area contributed by atoms with Crippen molar-refractivity contribution in [2.24, 2.45) is 4.99 Å². The molecule has 3 heteroatoms. The quantitative estimate of drug-likeness (QED) is 0.602. The van der Waals surface area contributed by atoms with Gasteiger partial charge in [0.1, 0.15) is 0 Å². The van der Waals surface area contributed by atoms with Gasteiger partial charge in [-0.25, -0.2) is 0 Å². The molecule has 2 rings (SSSR count). The standard InChI is InChI=1S/C15H16N2S/c1-4-12(9-10-16-2)11-15-17(3)13-7-5-6-8-14(13)18-15/h4-11H,1H2,2-3H3/b12-9+,15-11+,16-10?. The van der Waals surface area contributed by atoms with Gasteiger partial charge in [0.2, 0.25) is 0 Å². The van der Waals surface area contributed by atoms with Crippen LogP contribution in [0.5, 0.6) is 0 Å². The van der Waals surface area contributed by atoms with Crippen molar-refractivity contribution in [3.63, 3.8) is 0 Å². The molecule has 0 unspecified atom stereocenters. The van der Waals surface area contributed by atoms with Crippen LogP contribution in [-0.2, 0) is 0 Å². The third-order valence-corrected chi connectivity index (χ3v) is 3.88. The predicted octanol–water partition coefficient (Wildman–Crippen LogP) is 3.88. The number of allylic oxidation sites excluding steroid dienone is 4. The van der Waals surface area contributed by atoms with Crippen molar-refractivity contribution in [3.8, 4) is 0 Å². The van der Waals surface area contributed by atoms with E-state index in [0.29, 0.717) is 0 Å². The highest BCUT2D eigenvalue weighted by atomic mass is 32.2. The molecule has 92 valence electrons. The van der Waals surface area contributed by atoms with Crippen LogP contribution in [0.25, 0.3) is 0 Å². The molecule has 1 heterocycles. The van der Waals surface area contributed by atoms with Crippen molar-refractivity contribution in [1.29, 1.82) is 0 Å². The number of fused-ring (bicyclic) bond motifs is 1. The third-order valence-electron chi connectivity index (χ3n) is 2.71. The van der Waals surface area contributed by atoms with Crippen molar-refractivity contribution < 1.29 is 0 Å². The maximum Gasteiger partial charge on any atom is 0.0804 e. The number of para-hydroxylation sites is 1. The Bertz CT molecular complexity index is 541. The number of anilines is 1. The van der Waals surface area contributed by atoms with Gasteiger partial charge in [-0.15, -0.1) is 0 Å². The molecule has 0 saturated carbocycles. The van der Waals surface area contributed by atoms with Crippen molar-refractivity contribution in [1.82, 2.24) is 0 Å². The van der Waals surface area contributed by atoms with Crippen LogP contribution in [0.2, 0.25) is 0 Å². The van der Waals surface area contributed by atoms with Crippen molar-refractivity contribution >= 4 is 23.7 Å². The molecule has 2 nitrogen and oxygen atoms in total. The van der Waals surface area contributed by atoms with E-state index in [0.717, 1.165) is 5.57 Å². The molecule has 18 heavy (non-hydrogen) atoms. The van der Waals surface area contributed by atoms with Gasteiger partial charge in [0.05, 0.1) is 10.7 Å². The maximum atomic E-state index is 3.96. The van der Waals surface area contributed by atoms with Crippen LogP contribution in [0.15, 0.2) is 69.6 Å². The molecule has 0 atom stereocenters. The summed E-state index contributed by atoms with van der Waals surface area (Å²) in [6.07, 6.45) is 7.70. The fourth-order valence-corrected chi connectivity index (χ4v) is 2.84. The summed E-state index contributed by atoms with van der Waals surface area (Å²) in [4.78, 5) is 7.44. The third kappa shape index (κ3) is 2.57. The number of thioether (sulfide) groups is 1. The lowest BCUT2D eigenvalue weighted by Gasteiger charge is -2.13. The highest BCUT2D eigenvalue weighted by Gasteiger charge is 2.20. The number of nitrogens with zero attached hydrogens (tertiary/aromatic N) is 2. The Labute approximate surface area is 112 Å². The van der Waals surface area contributed by atoms with Crippen LogP contribution in [0.3, 0.4) is 0 Å². The lowest BCUT2D eigenvalue weighted by atomic mass is 10.2. The first-order chi connectivity index (χ1) is 8.76. The minimum atomic E-state index is 1.06. The van der Waals surface area contributed by atoms with E-state index in [1.807, 2.05) is 12.2 Å². The Morgan fingerprint density at radius 3 is 2.83 bits per heavy atom. The summed E-state index contributed by atoms with van der Waals surface area (Å²) >= 11 is 1.78. The lowest BCUT2D eigenvalue weighted by Crippen LogP contribution is -2.09. The summed E-state index contributed by atoms with van der Waals surface area (Å²) in [5, 5.41) is 1.20. The molecule has 0 N–H and O–H groups in total. The zero-order valence-corrected chi connectivity index (χ0v) is 11.4. The summed E-state index contributed by atoms with van der Waals surface area (Å²) in [6, 6.07) is 8.40. The fourth-order valence-electron chi connectivity index (χ4n) is 1.72. The van der Waals surface area contributed by atoms with Crippen LogP contribution < -0.4 is 4.90 Å². The second-order valence-corrected chi connectivity index (χ2v) is 4.95. The Kier molecular flexibility index (Phi) is 4.05. The normalized spacial score (nSPS) is 17.6. The fraction of sp³-hybridized carbons (Fsp3) is 0.133. The van der Waals surface area contributed by atoms with Crippen molar-refractivity contribution in [3.05, 3.63) is 59.7 Å². The van der Waals surface area contributed by atoms with E-state index in [9.17, 15) is 0 Å². The smallest absolute Gasteiger partial charge is 0.0804 e. The van der Waals surface area contributed by atoms with E-state index in [1.54, 1.807) is 25.0 Å². The summed E-state index contributed by atoms with van der Waals surface area (Å²) in [7, 11) is 3.84. The number of hydrogen-bond donors (Lipinski definition) is 0. The minimum Gasteiger partial charge on any atom is -0.338 e. The van der Waals surface area contributed by atoms with E-state index in [1.165, 1.54) is 15.6 Å². The maximum absolute atomic E-state index is 3.96. The first-order valence-corrected chi connectivity index (χ1v) is 6.55. The van der Waals surface area contributed by atoms with Gasteiger partial charge < -0.3 is 4.90 Å². The highest BCUT2D eigenvalue weighted by Crippen LogP contribution is 2.44. The average Bonchev–Trinajstić information content (AvgIpc) is 2.72. The van der Waals surface area contributed by atoms with Gasteiger partial charge >= 0.3 is 0 Å². The number of aliphatic imine (C=N–C) groups is 1. The zero-order chi connectivity index (χ0) is 13.0. The largest absolute Gasteiger partial charge is 0.338 e. The Balaban J connectivity index is 2.30. The van der Waals surface area contributed by atoms with E-state index < -0.39 is 0 Å². The van der Waals surface area contributed by atoms with Gasteiger partial charge in [0, 0.05) is 25.2 Å². The minimum absolute atomic E-state index is 1.06. The molecule has 1 aliphatic rings. The molecular formula is C15H16N2S. The monoisotopic (exact) mass is 256 g/mol. The highest BCUT2D eigenvalue weighted by molar-refractivity contribution is 8.03. The Morgan fingerprint density at radius 1 is 1.39 bits per heavy atom. The Hall–Kier alpha value is -1.74.